The summed E-state index contributed by atoms with van der Waals surface area (Å²) in [6.45, 7) is 7.78. The first-order valence-electron chi connectivity index (χ1n) is 12.7. The van der Waals surface area contributed by atoms with Crippen molar-refractivity contribution in [2.24, 2.45) is 5.41 Å². The summed E-state index contributed by atoms with van der Waals surface area (Å²) in [7, 11) is 0. The summed E-state index contributed by atoms with van der Waals surface area (Å²) in [5.41, 5.74) is 4.21. The molecule has 0 radical (unpaired) electrons. The normalized spacial score (nSPS) is 23.9. The van der Waals surface area contributed by atoms with Gasteiger partial charge in [0, 0.05) is 26.3 Å². The van der Waals surface area contributed by atoms with Gasteiger partial charge in [0.05, 0.1) is 18.1 Å². The molecule has 0 saturated carbocycles. The van der Waals surface area contributed by atoms with E-state index >= 15 is 0 Å². The number of amides is 1. The molecule has 5 rings (SSSR count). The van der Waals surface area contributed by atoms with Crippen LogP contribution < -0.4 is 0 Å². The molecule has 0 N–H and O–H groups in total. The summed E-state index contributed by atoms with van der Waals surface area (Å²) in [6.07, 6.45) is 5.29. The van der Waals surface area contributed by atoms with E-state index < -0.39 is 5.41 Å². The maximum absolute atomic E-state index is 14.0. The molecule has 5 heteroatoms. The third-order valence-corrected chi connectivity index (χ3v) is 8.28. The molecule has 2 aromatic rings. The molecule has 182 valence electrons. The molecule has 1 atom stereocenters. The molecule has 0 aromatic heterocycles. The van der Waals surface area contributed by atoms with Crippen LogP contribution in [0.15, 0.2) is 42.5 Å². The van der Waals surface area contributed by atoms with Crippen molar-refractivity contribution < 1.29 is 18.7 Å². The van der Waals surface area contributed by atoms with E-state index in [2.05, 4.69) is 36.9 Å². The molecule has 3 aliphatic rings. The van der Waals surface area contributed by atoms with E-state index in [1.54, 1.807) is 12.1 Å². The van der Waals surface area contributed by atoms with Crippen molar-refractivity contribution in [1.29, 1.82) is 0 Å². The molecule has 1 amide bonds. The van der Waals surface area contributed by atoms with Gasteiger partial charge in [0.2, 0.25) is 5.91 Å². The molecule has 34 heavy (non-hydrogen) atoms. The molecule has 0 bridgehead atoms. The van der Waals surface area contributed by atoms with E-state index in [-0.39, 0.29) is 23.2 Å². The Morgan fingerprint density at radius 3 is 2.41 bits per heavy atom. The Morgan fingerprint density at radius 2 is 1.74 bits per heavy atom. The van der Waals surface area contributed by atoms with Crippen LogP contribution in [0.5, 0.6) is 0 Å². The van der Waals surface area contributed by atoms with Crippen molar-refractivity contribution in [1.82, 2.24) is 4.90 Å². The van der Waals surface area contributed by atoms with Crippen LogP contribution in [-0.4, -0.2) is 49.8 Å². The van der Waals surface area contributed by atoms with Gasteiger partial charge in [-0.1, -0.05) is 41.5 Å². The second-order valence-electron chi connectivity index (χ2n) is 10.8. The van der Waals surface area contributed by atoms with Crippen LogP contribution in [0.1, 0.15) is 54.4 Å². The maximum atomic E-state index is 14.0. The molecule has 3 fully saturated rings. The number of aryl methyl sites for hydroxylation is 2. The number of hydrogen-bond acceptors (Lipinski definition) is 3. The smallest absolute Gasteiger partial charge is 0.233 e. The summed E-state index contributed by atoms with van der Waals surface area (Å²) >= 11 is 0. The molecule has 3 heterocycles. The van der Waals surface area contributed by atoms with Crippen LogP contribution in [0.4, 0.5) is 4.39 Å². The Labute approximate surface area is 202 Å². The minimum Gasteiger partial charge on any atom is -0.381 e. The van der Waals surface area contributed by atoms with Crippen LogP contribution in [0.2, 0.25) is 0 Å². The lowest BCUT2D eigenvalue weighted by atomic mass is 9.71. The summed E-state index contributed by atoms with van der Waals surface area (Å²) in [5, 5.41) is 0. The van der Waals surface area contributed by atoms with Gasteiger partial charge in [0.15, 0.2) is 0 Å². The van der Waals surface area contributed by atoms with E-state index in [9.17, 15) is 9.18 Å². The first kappa shape index (κ1) is 23.5. The monoisotopic (exact) mass is 465 g/mol. The zero-order chi connectivity index (χ0) is 23.8. The van der Waals surface area contributed by atoms with Crippen molar-refractivity contribution >= 4 is 5.91 Å². The Hall–Kier alpha value is -2.24. The number of piperidine rings is 1. The second-order valence-corrected chi connectivity index (χ2v) is 10.8. The maximum Gasteiger partial charge on any atom is 0.233 e. The molecule has 1 spiro atoms. The highest BCUT2D eigenvalue weighted by Gasteiger charge is 2.48. The highest BCUT2D eigenvalue weighted by molar-refractivity contribution is 5.88. The molecular weight excluding hydrogens is 429 g/mol. The van der Waals surface area contributed by atoms with Crippen molar-refractivity contribution in [3.05, 3.63) is 70.5 Å². The first-order chi connectivity index (χ1) is 16.4. The fourth-order valence-corrected chi connectivity index (χ4v) is 6.39. The minimum absolute atomic E-state index is 0.126. The van der Waals surface area contributed by atoms with Crippen molar-refractivity contribution in [2.45, 2.75) is 63.9 Å². The number of halogens is 1. The van der Waals surface area contributed by atoms with Crippen LogP contribution in [0, 0.1) is 25.1 Å². The summed E-state index contributed by atoms with van der Waals surface area (Å²) in [6, 6.07) is 13.4. The number of ether oxygens (including phenoxy) is 2. The lowest BCUT2D eigenvalue weighted by Crippen LogP contribution is -2.53. The lowest BCUT2D eigenvalue weighted by molar-refractivity contribution is -0.143. The van der Waals surface area contributed by atoms with Gasteiger partial charge < -0.3 is 14.4 Å². The Kier molecular flexibility index (Phi) is 6.51. The molecule has 4 nitrogen and oxygen atoms in total. The van der Waals surface area contributed by atoms with E-state index in [1.807, 2.05) is 6.07 Å². The van der Waals surface area contributed by atoms with Gasteiger partial charge in [-0.05, 0) is 81.0 Å². The summed E-state index contributed by atoms with van der Waals surface area (Å²) in [4.78, 5) is 16.1. The fraction of sp³-hybridized carbons (Fsp3) is 0.552. The van der Waals surface area contributed by atoms with E-state index in [0.29, 0.717) is 13.2 Å². The quantitative estimate of drug-likeness (QED) is 0.628. The molecule has 3 aliphatic heterocycles. The minimum atomic E-state index is -0.481. The fourth-order valence-electron chi connectivity index (χ4n) is 6.39. The standard InChI is InChI=1S/C29H36FNO3/c1-21-14-22(2)16-24(15-21)29(8-12-33-13-9-29)27(32)31-10-6-28(7-11-31)19-26(34-20-28)18-23-4-3-5-25(30)17-23/h3-5,14-17,26H,6-13,18-20H2,1-2H3/t26-/m1/s1. The van der Waals surface area contributed by atoms with E-state index in [0.717, 1.165) is 69.3 Å². The predicted octanol–water partition coefficient (Wildman–Crippen LogP) is 5.13. The number of nitrogens with zero attached hydrogens (tertiary/aromatic N) is 1. The summed E-state index contributed by atoms with van der Waals surface area (Å²) < 4.78 is 25.4. The number of hydrogen-bond donors (Lipinski definition) is 0. The third kappa shape index (κ3) is 4.65. The van der Waals surface area contributed by atoms with Crippen LogP contribution >= 0.6 is 0 Å². The van der Waals surface area contributed by atoms with Crippen LogP contribution in [0.3, 0.4) is 0 Å². The zero-order valence-electron chi connectivity index (χ0n) is 20.4. The number of carbonyl (C=O) groups is 1. The van der Waals surface area contributed by atoms with Gasteiger partial charge in [-0.3, -0.25) is 4.79 Å². The predicted molar refractivity (Wildman–Crippen MR) is 130 cm³/mol. The van der Waals surface area contributed by atoms with Gasteiger partial charge in [0.25, 0.3) is 0 Å². The molecule has 2 aromatic carbocycles. The Bertz CT molecular complexity index is 1020. The summed E-state index contributed by atoms with van der Waals surface area (Å²) in [5.74, 6) is 0.0775. The van der Waals surface area contributed by atoms with Gasteiger partial charge >= 0.3 is 0 Å². The van der Waals surface area contributed by atoms with Crippen molar-refractivity contribution in [3.63, 3.8) is 0 Å². The number of likely N-dealkylation sites (tertiary alicyclic amines) is 1. The highest BCUT2D eigenvalue weighted by Crippen LogP contribution is 2.45. The van der Waals surface area contributed by atoms with Crippen LogP contribution in [0.25, 0.3) is 0 Å². The van der Waals surface area contributed by atoms with Crippen LogP contribution in [-0.2, 0) is 26.1 Å². The first-order valence-corrected chi connectivity index (χ1v) is 12.7. The second kappa shape index (κ2) is 9.43. The lowest BCUT2D eigenvalue weighted by Gasteiger charge is -2.44. The molecule has 3 saturated heterocycles. The zero-order valence-corrected chi connectivity index (χ0v) is 20.4. The number of rotatable bonds is 4. The van der Waals surface area contributed by atoms with Gasteiger partial charge in [-0.15, -0.1) is 0 Å². The SMILES string of the molecule is Cc1cc(C)cc(C2(C(=O)N3CCC4(CC3)CO[C@H](Cc3cccc(F)c3)C4)CCOCC2)c1. The molecule has 0 aliphatic carbocycles. The molecular formula is C29H36FNO3. The number of carbonyl (C=O) groups excluding carboxylic acids is 1. The topological polar surface area (TPSA) is 38.8 Å². The third-order valence-electron chi connectivity index (χ3n) is 8.28. The van der Waals surface area contributed by atoms with Gasteiger partial charge in [-0.25, -0.2) is 4.39 Å². The van der Waals surface area contributed by atoms with Crippen molar-refractivity contribution in [3.8, 4) is 0 Å². The number of benzene rings is 2. The highest BCUT2D eigenvalue weighted by atomic mass is 19.1. The van der Waals surface area contributed by atoms with Crippen molar-refractivity contribution in [2.75, 3.05) is 32.9 Å². The average molecular weight is 466 g/mol. The van der Waals surface area contributed by atoms with E-state index in [1.165, 1.54) is 17.2 Å². The van der Waals surface area contributed by atoms with Gasteiger partial charge in [0.1, 0.15) is 5.82 Å². The Balaban J connectivity index is 1.26. The van der Waals surface area contributed by atoms with E-state index in [4.69, 9.17) is 9.47 Å². The Morgan fingerprint density at radius 1 is 1.03 bits per heavy atom. The van der Waals surface area contributed by atoms with Gasteiger partial charge in [-0.2, -0.15) is 0 Å². The molecule has 0 unspecified atom stereocenters. The largest absolute Gasteiger partial charge is 0.381 e. The average Bonchev–Trinajstić information content (AvgIpc) is 3.20.